The van der Waals surface area contributed by atoms with Crippen molar-refractivity contribution in [1.29, 1.82) is 0 Å². The summed E-state index contributed by atoms with van der Waals surface area (Å²) in [5, 5.41) is 1.03. The second-order valence-corrected chi connectivity index (χ2v) is 11.8. The van der Waals surface area contributed by atoms with Crippen LogP contribution in [0.3, 0.4) is 0 Å². The summed E-state index contributed by atoms with van der Waals surface area (Å²) >= 11 is 13.2. The maximum atomic E-state index is 6.61. The van der Waals surface area contributed by atoms with Crippen LogP contribution < -0.4 is 9.42 Å². The van der Waals surface area contributed by atoms with Crippen molar-refractivity contribution in [2.24, 2.45) is 0 Å². The van der Waals surface area contributed by atoms with Crippen LogP contribution in [0.25, 0.3) is 0 Å². The molecule has 0 N–H and O–H groups in total. The van der Waals surface area contributed by atoms with E-state index in [1.165, 1.54) is 0 Å². The van der Waals surface area contributed by atoms with Crippen molar-refractivity contribution in [3.63, 3.8) is 0 Å². The fourth-order valence-electron chi connectivity index (χ4n) is 1.65. The van der Waals surface area contributed by atoms with Gasteiger partial charge >= 0.3 is 6.86 Å². The Bertz CT molecular complexity index is 476. The number of hydrogen-bond acceptors (Lipinski definition) is 1. The SMILES string of the molecule is [SiH3]N(c1ccccc1)[Si](Cl)(Cl)c1ccccc1. The van der Waals surface area contributed by atoms with Gasteiger partial charge in [-0.25, -0.2) is 0 Å². The van der Waals surface area contributed by atoms with E-state index in [4.69, 9.17) is 22.2 Å². The second-order valence-electron chi connectivity index (χ2n) is 3.80. The Morgan fingerprint density at radius 2 is 1.29 bits per heavy atom. The lowest BCUT2D eigenvalue weighted by Crippen LogP contribution is -2.53. The highest BCUT2D eigenvalue weighted by molar-refractivity contribution is 7.53. The van der Waals surface area contributed by atoms with Gasteiger partial charge in [0.2, 0.25) is 0 Å². The topological polar surface area (TPSA) is 3.24 Å². The van der Waals surface area contributed by atoms with Gasteiger partial charge < -0.3 is 4.23 Å². The van der Waals surface area contributed by atoms with Crippen molar-refractivity contribution < 1.29 is 0 Å². The van der Waals surface area contributed by atoms with Crippen molar-refractivity contribution in [3.8, 4) is 0 Å². The number of nitrogens with zero attached hydrogens (tertiary/aromatic N) is 1. The smallest absolute Gasteiger partial charge is 0.377 e. The van der Waals surface area contributed by atoms with Crippen molar-refractivity contribution in [2.45, 2.75) is 0 Å². The highest BCUT2D eigenvalue weighted by Crippen LogP contribution is 2.24. The van der Waals surface area contributed by atoms with E-state index in [0.29, 0.717) is 0 Å². The van der Waals surface area contributed by atoms with Crippen LogP contribution in [0.1, 0.15) is 0 Å². The van der Waals surface area contributed by atoms with Gasteiger partial charge in [-0.15, -0.1) is 22.2 Å². The molecule has 0 fully saturated rings. The molecular formula is C12H13Cl2NSi2. The molecule has 0 unspecified atom stereocenters. The summed E-state index contributed by atoms with van der Waals surface area (Å²) < 4.78 is 2.12. The standard InChI is InChI=1S/C12H13Cl2NSi2/c13-17(14,12-9-5-2-6-10-12)15(16)11-7-3-1-4-8-11/h1-10H,16H3. The van der Waals surface area contributed by atoms with Crippen LogP contribution in [0.2, 0.25) is 0 Å². The Morgan fingerprint density at radius 1 is 0.824 bits per heavy atom. The van der Waals surface area contributed by atoms with Crippen LogP contribution in [-0.2, 0) is 0 Å². The number of para-hydroxylation sites is 1. The van der Waals surface area contributed by atoms with Crippen LogP contribution in [0, 0.1) is 0 Å². The average Bonchev–Trinajstić information content (AvgIpc) is 2.40. The Labute approximate surface area is 115 Å². The first-order valence-electron chi connectivity index (χ1n) is 5.34. The highest BCUT2D eigenvalue weighted by Gasteiger charge is 2.36. The molecule has 0 spiro atoms. The fourth-order valence-corrected chi connectivity index (χ4v) is 5.51. The number of rotatable bonds is 3. The van der Waals surface area contributed by atoms with Crippen LogP contribution in [0.4, 0.5) is 5.69 Å². The number of halogens is 2. The molecule has 0 aliphatic rings. The van der Waals surface area contributed by atoms with E-state index in [0.717, 1.165) is 21.3 Å². The Morgan fingerprint density at radius 3 is 1.82 bits per heavy atom. The molecule has 0 bridgehead atoms. The quantitative estimate of drug-likeness (QED) is 0.619. The number of benzene rings is 2. The van der Waals surface area contributed by atoms with E-state index < -0.39 is 6.86 Å². The first-order valence-corrected chi connectivity index (χ1v) is 10.2. The molecule has 0 heterocycles. The summed E-state index contributed by atoms with van der Waals surface area (Å²) in [5.74, 6) is 0. The third kappa shape index (κ3) is 2.74. The molecular weight excluding hydrogens is 285 g/mol. The van der Waals surface area contributed by atoms with Crippen molar-refractivity contribution in [2.75, 3.05) is 4.23 Å². The van der Waals surface area contributed by atoms with Crippen molar-refractivity contribution in [3.05, 3.63) is 60.7 Å². The van der Waals surface area contributed by atoms with Gasteiger partial charge in [0, 0.05) is 5.69 Å². The first kappa shape index (κ1) is 12.7. The third-order valence-corrected chi connectivity index (χ3v) is 11.9. The van der Waals surface area contributed by atoms with E-state index in [1.807, 2.05) is 60.7 Å². The zero-order valence-electron chi connectivity index (χ0n) is 9.48. The Hall–Kier alpha value is -0.746. The molecule has 0 saturated carbocycles. The summed E-state index contributed by atoms with van der Waals surface area (Å²) in [5.41, 5.74) is 1.10. The number of hydrogen-bond donors (Lipinski definition) is 0. The molecule has 17 heavy (non-hydrogen) atoms. The average molecular weight is 298 g/mol. The molecule has 0 saturated heterocycles. The van der Waals surface area contributed by atoms with Gasteiger partial charge in [0.25, 0.3) is 0 Å². The van der Waals surface area contributed by atoms with Crippen LogP contribution in [-0.4, -0.2) is 17.3 Å². The van der Waals surface area contributed by atoms with Gasteiger partial charge in [-0.1, -0.05) is 48.5 Å². The summed E-state index contributed by atoms with van der Waals surface area (Å²) in [6, 6.07) is 20.0. The van der Waals surface area contributed by atoms with Crippen LogP contribution in [0.5, 0.6) is 0 Å². The van der Waals surface area contributed by atoms with Gasteiger partial charge in [0.05, 0.1) is 0 Å². The molecule has 0 aliphatic heterocycles. The summed E-state index contributed by atoms with van der Waals surface area (Å²) in [6.45, 7) is -2.58. The largest absolute Gasteiger partial charge is 0.406 e. The zero-order chi connectivity index (χ0) is 12.3. The normalized spacial score (nSPS) is 11.4. The molecule has 0 aliphatic carbocycles. The van der Waals surface area contributed by atoms with E-state index in [2.05, 4.69) is 4.23 Å². The number of anilines is 1. The molecule has 0 aromatic heterocycles. The maximum Gasteiger partial charge on any atom is 0.377 e. The van der Waals surface area contributed by atoms with Crippen LogP contribution in [0.15, 0.2) is 60.7 Å². The fraction of sp³-hybridized carbons (Fsp3) is 0. The molecule has 5 heteroatoms. The molecule has 0 atom stereocenters. The second kappa shape index (κ2) is 5.27. The van der Waals surface area contributed by atoms with Gasteiger partial charge in [-0.05, 0) is 17.3 Å². The van der Waals surface area contributed by atoms with E-state index >= 15 is 0 Å². The molecule has 1 nitrogen and oxygen atoms in total. The molecule has 2 rings (SSSR count). The van der Waals surface area contributed by atoms with Gasteiger partial charge in [0.1, 0.15) is 10.4 Å². The predicted molar refractivity (Wildman–Crippen MR) is 82.4 cm³/mol. The lowest BCUT2D eigenvalue weighted by atomic mass is 10.3. The maximum absolute atomic E-state index is 6.61. The minimum atomic E-state index is -2.58. The van der Waals surface area contributed by atoms with E-state index in [9.17, 15) is 0 Å². The van der Waals surface area contributed by atoms with Crippen molar-refractivity contribution in [1.82, 2.24) is 0 Å². The highest BCUT2D eigenvalue weighted by atomic mass is 35.7. The molecule has 0 amide bonds. The minimum Gasteiger partial charge on any atom is -0.406 e. The Kier molecular flexibility index (Phi) is 3.94. The summed E-state index contributed by atoms with van der Waals surface area (Å²) in [4.78, 5) is 0. The lowest BCUT2D eigenvalue weighted by molar-refractivity contribution is 1.54. The van der Waals surface area contributed by atoms with E-state index in [1.54, 1.807) is 0 Å². The first-order chi connectivity index (χ1) is 8.12. The summed E-state index contributed by atoms with van der Waals surface area (Å²) in [7, 11) is 0.801. The van der Waals surface area contributed by atoms with Crippen LogP contribution >= 0.6 is 22.2 Å². The van der Waals surface area contributed by atoms with E-state index in [-0.39, 0.29) is 0 Å². The predicted octanol–water partition coefficient (Wildman–Crippen LogP) is 2.10. The molecule has 2 aromatic rings. The molecule has 0 radical (unpaired) electrons. The Balaban J connectivity index is 2.33. The third-order valence-electron chi connectivity index (χ3n) is 2.69. The summed E-state index contributed by atoms with van der Waals surface area (Å²) in [6.07, 6.45) is 0. The van der Waals surface area contributed by atoms with Gasteiger partial charge in [-0.3, -0.25) is 0 Å². The van der Waals surface area contributed by atoms with Gasteiger partial charge in [0.15, 0.2) is 0 Å². The molecule has 2 aromatic carbocycles. The zero-order valence-corrected chi connectivity index (χ0v) is 14.0. The lowest BCUT2D eigenvalue weighted by Gasteiger charge is -2.31. The monoisotopic (exact) mass is 297 g/mol. The van der Waals surface area contributed by atoms with Gasteiger partial charge in [-0.2, -0.15) is 0 Å². The molecule has 88 valence electrons. The van der Waals surface area contributed by atoms with Crippen molar-refractivity contribution >= 4 is 50.3 Å². The minimum absolute atomic E-state index is 0.801.